The number of halogens is 1. The van der Waals surface area contributed by atoms with Gasteiger partial charge in [-0.2, -0.15) is 0 Å². The number of aromatic nitrogens is 1. The van der Waals surface area contributed by atoms with Crippen molar-refractivity contribution in [3.05, 3.63) is 65.6 Å². The summed E-state index contributed by atoms with van der Waals surface area (Å²) >= 11 is 0. The van der Waals surface area contributed by atoms with E-state index in [2.05, 4.69) is 16.8 Å². The molecule has 168 valence electrons. The summed E-state index contributed by atoms with van der Waals surface area (Å²) < 4.78 is 18.9. The van der Waals surface area contributed by atoms with Crippen LogP contribution in [-0.2, 0) is 11.3 Å². The zero-order valence-electron chi connectivity index (χ0n) is 18.0. The highest BCUT2D eigenvalue weighted by Crippen LogP contribution is 2.24. The molecule has 0 spiro atoms. The maximum Gasteiger partial charge on any atom is 0.337 e. The normalized spacial score (nSPS) is 19.3. The number of nitrogens with one attached hydrogen (secondary N) is 1. The summed E-state index contributed by atoms with van der Waals surface area (Å²) in [5, 5.41) is 9.83. The van der Waals surface area contributed by atoms with Crippen LogP contribution >= 0.6 is 0 Å². The smallest absolute Gasteiger partial charge is 0.337 e. The van der Waals surface area contributed by atoms with Crippen molar-refractivity contribution in [1.29, 1.82) is 0 Å². The van der Waals surface area contributed by atoms with Crippen LogP contribution in [0, 0.1) is 5.82 Å². The summed E-state index contributed by atoms with van der Waals surface area (Å²) in [7, 11) is 0. The highest BCUT2D eigenvalue weighted by Gasteiger charge is 2.32. The molecular weight excluding hydrogens is 413 g/mol. The Morgan fingerprint density at radius 3 is 2.59 bits per heavy atom. The fourth-order valence-electron chi connectivity index (χ4n) is 4.18. The number of carboxylic acids is 1. The van der Waals surface area contributed by atoms with Crippen molar-refractivity contribution in [2.45, 2.75) is 32.5 Å². The Kier molecular flexibility index (Phi) is 6.14. The van der Waals surface area contributed by atoms with Crippen LogP contribution in [0.15, 0.2) is 48.7 Å². The van der Waals surface area contributed by atoms with Gasteiger partial charge < -0.3 is 19.7 Å². The van der Waals surface area contributed by atoms with Crippen LogP contribution < -0.4 is 4.74 Å². The molecule has 2 heterocycles. The molecule has 1 saturated heterocycles. The monoisotopic (exact) mass is 439 g/mol. The molecule has 1 amide bonds. The van der Waals surface area contributed by atoms with Gasteiger partial charge in [0.15, 0.2) is 6.61 Å². The molecule has 7 nitrogen and oxygen atoms in total. The Labute approximate surface area is 185 Å². The average Bonchev–Trinajstić information content (AvgIpc) is 3.19. The van der Waals surface area contributed by atoms with Crippen LogP contribution in [0.25, 0.3) is 10.9 Å². The van der Waals surface area contributed by atoms with Gasteiger partial charge >= 0.3 is 5.97 Å². The highest BCUT2D eigenvalue weighted by molar-refractivity contribution is 6.03. The number of H-pyrrole nitrogens is 1. The van der Waals surface area contributed by atoms with Gasteiger partial charge in [0.2, 0.25) is 0 Å². The van der Waals surface area contributed by atoms with Gasteiger partial charge in [-0.25, -0.2) is 9.18 Å². The molecule has 0 radical (unpaired) electrons. The largest absolute Gasteiger partial charge is 0.484 e. The summed E-state index contributed by atoms with van der Waals surface area (Å²) in [4.78, 5) is 31.2. The summed E-state index contributed by atoms with van der Waals surface area (Å²) in [6.07, 6.45) is 1.44. The number of nitrogens with zero attached hydrogens (tertiary/aromatic N) is 2. The number of aromatic carboxylic acids is 1. The third-order valence-corrected chi connectivity index (χ3v) is 5.98. The Bertz CT molecular complexity index is 1130. The van der Waals surface area contributed by atoms with Crippen molar-refractivity contribution in [2.24, 2.45) is 0 Å². The summed E-state index contributed by atoms with van der Waals surface area (Å²) in [5.74, 6) is -0.937. The fourth-order valence-corrected chi connectivity index (χ4v) is 4.18. The molecule has 1 aromatic heterocycles. The lowest BCUT2D eigenvalue weighted by Crippen LogP contribution is -2.58. The van der Waals surface area contributed by atoms with Crippen LogP contribution in [-0.4, -0.2) is 63.5 Å². The summed E-state index contributed by atoms with van der Waals surface area (Å²) in [6, 6.07) is 11.7. The molecule has 2 aromatic carbocycles. The number of hydrogen-bond acceptors (Lipinski definition) is 4. The van der Waals surface area contributed by atoms with E-state index in [0.717, 1.165) is 5.56 Å². The van der Waals surface area contributed by atoms with E-state index >= 15 is 0 Å². The number of hydrogen-bond donors (Lipinski definition) is 2. The van der Waals surface area contributed by atoms with Crippen LogP contribution in [0.4, 0.5) is 4.39 Å². The molecule has 0 saturated carbocycles. The second-order valence-corrected chi connectivity index (χ2v) is 8.30. The van der Waals surface area contributed by atoms with E-state index in [1.807, 2.05) is 11.8 Å². The third kappa shape index (κ3) is 4.60. The molecule has 2 N–H and O–H groups in total. The first-order valence-electron chi connectivity index (χ1n) is 10.6. The molecule has 32 heavy (non-hydrogen) atoms. The standard InChI is InChI=1S/C24H26FN3O4/c1-15-12-28(16(2)11-27(15)13-17-3-5-18(25)6-4-17)23(29)14-32-19-7-8-22-20(9-19)21(10-26-22)24(30)31/h3-10,15-16,26H,11-14H2,1-2H3,(H,30,31). The zero-order valence-corrected chi connectivity index (χ0v) is 18.0. The lowest BCUT2D eigenvalue weighted by Gasteiger charge is -2.44. The molecule has 8 heteroatoms. The van der Waals surface area contributed by atoms with Gasteiger partial charge in [0.05, 0.1) is 5.56 Å². The number of benzene rings is 2. The number of piperazine rings is 1. The van der Waals surface area contributed by atoms with Gasteiger partial charge in [-0.1, -0.05) is 12.1 Å². The number of fused-ring (bicyclic) bond motifs is 1. The van der Waals surface area contributed by atoms with Crippen LogP contribution in [0.1, 0.15) is 29.8 Å². The number of carbonyl (C=O) groups is 2. The fraction of sp³-hybridized carbons (Fsp3) is 0.333. The van der Waals surface area contributed by atoms with Crippen molar-refractivity contribution in [2.75, 3.05) is 19.7 Å². The number of rotatable bonds is 6. The van der Waals surface area contributed by atoms with E-state index in [1.165, 1.54) is 18.3 Å². The second-order valence-electron chi connectivity index (χ2n) is 8.30. The third-order valence-electron chi connectivity index (χ3n) is 5.98. The number of amides is 1. The van der Waals surface area contributed by atoms with Gasteiger partial charge in [-0.05, 0) is 49.7 Å². The number of ether oxygens (including phenoxy) is 1. The molecule has 0 bridgehead atoms. The molecule has 1 fully saturated rings. The Morgan fingerprint density at radius 2 is 1.88 bits per heavy atom. The molecule has 3 aromatic rings. The maximum atomic E-state index is 13.2. The molecule has 2 unspecified atom stereocenters. The molecule has 4 rings (SSSR count). The Hall–Kier alpha value is -3.39. The number of carboxylic acid groups (broad SMARTS) is 1. The van der Waals surface area contributed by atoms with E-state index in [9.17, 15) is 19.1 Å². The summed E-state index contributed by atoms with van der Waals surface area (Å²) in [6.45, 7) is 5.95. The minimum Gasteiger partial charge on any atom is -0.484 e. The quantitative estimate of drug-likeness (QED) is 0.614. The SMILES string of the molecule is CC1CN(C(=O)COc2ccc3[nH]cc(C(=O)O)c3c2)C(C)CN1Cc1ccc(F)cc1. The molecule has 1 aliphatic rings. The topological polar surface area (TPSA) is 85.9 Å². The number of aromatic amines is 1. The van der Waals surface area contributed by atoms with Crippen LogP contribution in [0.5, 0.6) is 5.75 Å². The second kappa shape index (κ2) is 9.00. The van der Waals surface area contributed by atoms with Crippen molar-refractivity contribution in [3.63, 3.8) is 0 Å². The van der Waals surface area contributed by atoms with Crippen molar-refractivity contribution < 1.29 is 23.8 Å². The van der Waals surface area contributed by atoms with Gasteiger partial charge in [-0.15, -0.1) is 0 Å². The molecule has 0 aliphatic carbocycles. The predicted molar refractivity (Wildman–Crippen MR) is 118 cm³/mol. The minimum atomic E-state index is -1.02. The van der Waals surface area contributed by atoms with Crippen molar-refractivity contribution in [3.8, 4) is 5.75 Å². The lowest BCUT2D eigenvalue weighted by molar-refractivity contribution is -0.139. The first kappa shape index (κ1) is 21.8. The van der Waals surface area contributed by atoms with Crippen molar-refractivity contribution in [1.82, 2.24) is 14.8 Å². The van der Waals surface area contributed by atoms with Gasteiger partial charge in [0.25, 0.3) is 5.91 Å². The van der Waals surface area contributed by atoms with Crippen LogP contribution in [0.2, 0.25) is 0 Å². The minimum absolute atomic E-state index is 0.00788. The van der Waals surface area contributed by atoms with E-state index in [1.54, 1.807) is 30.3 Å². The Morgan fingerprint density at radius 1 is 1.12 bits per heavy atom. The van der Waals surface area contributed by atoms with Gasteiger partial charge in [-0.3, -0.25) is 9.69 Å². The van der Waals surface area contributed by atoms with Crippen LogP contribution in [0.3, 0.4) is 0 Å². The van der Waals surface area contributed by atoms with Gasteiger partial charge in [0.1, 0.15) is 11.6 Å². The van der Waals surface area contributed by atoms with E-state index in [0.29, 0.717) is 36.3 Å². The summed E-state index contributed by atoms with van der Waals surface area (Å²) in [5.41, 5.74) is 1.90. The van der Waals surface area contributed by atoms with Gasteiger partial charge in [0, 0.05) is 48.8 Å². The molecule has 1 aliphatic heterocycles. The first-order valence-corrected chi connectivity index (χ1v) is 10.6. The highest BCUT2D eigenvalue weighted by atomic mass is 19.1. The first-order chi connectivity index (χ1) is 15.3. The molecular formula is C24H26FN3O4. The van der Waals surface area contributed by atoms with E-state index in [-0.39, 0.29) is 36.0 Å². The zero-order chi connectivity index (χ0) is 22.8. The van der Waals surface area contributed by atoms with Crippen molar-refractivity contribution >= 4 is 22.8 Å². The maximum absolute atomic E-state index is 13.2. The Balaban J connectivity index is 1.36. The average molecular weight is 439 g/mol. The van der Waals surface area contributed by atoms with E-state index in [4.69, 9.17) is 4.74 Å². The predicted octanol–water partition coefficient (Wildman–Crippen LogP) is 3.51. The molecule has 2 atom stereocenters. The lowest BCUT2D eigenvalue weighted by atomic mass is 10.1. The number of carbonyl (C=O) groups excluding carboxylic acids is 1. The van der Waals surface area contributed by atoms with E-state index < -0.39 is 5.97 Å².